The number of hydrogen-bond donors (Lipinski definition) is 1. The summed E-state index contributed by atoms with van der Waals surface area (Å²) in [4.78, 5) is 4.81. The Balaban J connectivity index is 1.71. The van der Waals surface area contributed by atoms with Crippen molar-refractivity contribution in [3.63, 3.8) is 0 Å². The van der Waals surface area contributed by atoms with Crippen molar-refractivity contribution in [3.8, 4) is 0 Å². The normalized spacial score (nSPS) is 24.3. The molecule has 114 valence electrons. The molecule has 1 fully saturated rings. The first-order valence-corrected chi connectivity index (χ1v) is 9.13. The Morgan fingerprint density at radius 2 is 2.19 bits per heavy atom. The van der Waals surface area contributed by atoms with Crippen LogP contribution in [0, 0.1) is 11.8 Å². The molecule has 3 atom stereocenters. The average molecular weight is 302 g/mol. The molecule has 21 heavy (non-hydrogen) atoms. The van der Waals surface area contributed by atoms with Crippen LogP contribution in [0.3, 0.4) is 0 Å². The average Bonchev–Trinajstić information content (AvgIpc) is 2.95. The Bertz CT molecular complexity index is 544. The number of para-hydroxylation sites is 1. The van der Waals surface area contributed by atoms with Crippen molar-refractivity contribution >= 4 is 21.6 Å². The van der Waals surface area contributed by atoms with E-state index in [1.165, 1.54) is 41.8 Å². The Kier molecular flexibility index (Phi) is 4.91. The highest BCUT2D eigenvalue weighted by molar-refractivity contribution is 7.18. The van der Waals surface area contributed by atoms with Gasteiger partial charge < -0.3 is 5.32 Å². The number of nitrogens with zero attached hydrogens (tertiary/aromatic N) is 1. The van der Waals surface area contributed by atoms with Crippen LogP contribution >= 0.6 is 11.3 Å². The second-order valence-corrected chi connectivity index (χ2v) is 7.49. The summed E-state index contributed by atoms with van der Waals surface area (Å²) in [6.45, 7) is 2.34. The van der Waals surface area contributed by atoms with Crippen LogP contribution in [0.1, 0.15) is 44.0 Å². The molecule has 3 rings (SSSR count). The van der Waals surface area contributed by atoms with Crippen LogP contribution in [0.5, 0.6) is 0 Å². The lowest BCUT2D eigenvalue weighted by molar-refractivity contribution is 0.212. The molecule has 1 aromatic carbocycles. The highest BCUT2D eigenvalue weighted by atomic mass is 32.1. The summed E-state index contributed by atoms with van der Waals surface area (Å²) >= 11 is 1.86. The summed E-state index contributed by atoms with van der Waals surface area (Å²) in [5.41, 5.74) is 1.16. The van der Waals surface area contributed by atoms with Crippen molar-refractivity contribution in [1.82, 2.24) is 10.3 Å². The third-order valence-electron chi connectivity index (χ3n) is 5.07. The molecule has 0 saturated heterocycles. The molecule has 0 spiro atoms. The quantitative estimate of drug-likeness (QED) is 0.870. The topological polar surface area (TPSA) is 24.9 Å². The molecule has 1 aliphatic carbocycles. The second kappa shape index (κ2) is 6.89. The largest absolute Gasteiger partial charge is 0.316 e. The molecule has 0 bridgehead atoms. The van der Waals surface area contributed by atoms with E-state index >= 15 is 0 Å². The predicted octanol–water partition coefficient (Wildman–Crippen LogP) is 4.64. The Morgan fingerprint density at radius 1 is 1.33 bits per heavy atom. The van der Waals surface area contributed by atoms with Gasteiger partial charge in [-0.05, 0) is 43.9 Å². The molecule has 0 radical (unpaired) electrons. The van der Waals surface area contributed by atoms with Crippen molar-refractivity contribution in [1.29, 1.82) is 0 Å². The van der Waals surface area contributed by atoms with E-state index in [-0.39, 0.29) is 0 Å². The number of nitrogens with one attached hydrogen (secondary N) is 1. The van der Waals surface area contributed by atoms with Gasteiger partial charge in [-0.15, -0.1) is 11.3 Å². The molecule has 1 aromatic heterocycles. The predicted molar refractivity (Wildman–Crippen MR) is 91.9 cm³/mol. The number of hydrogen-bond acceptors (Lipinski definition) is 3. The third kappa shape index (κ3) is 3.46. The standard InChI is InChI=1S/C18H26N2S/c1-3-13-7-6-8-14(11-13)16(19-2)12-18-20-15-9-4-5-10-17(15)21-18/h4-5,9-10,13-14,16,19H,3,6-8,11-12H2,1-2H3. The molecule has 3 heteroatoms. The van der Waals surface area contributed by atoms with Crippen molar-refractivity contribution in [2.75, 3.05) is 7.05 Å². The van der Waals surface area contributed by atoms with E-state index in [0.717, 1.165) is 23.8 Å². The first-order valence-electron chi connectivity index (χ1n) is 8.31. The minimum atomic E-state index is 0.583. The lowest BCUT2D eigenvalue weighted by atomic mass is 9.76. The summed E-state index contributed by atoms with van der Waals surface area (Å²) in [5, 5.41) is 4.86. The van der Waals surface area contributed by atoms with Gasteiger partial charge in [0.05, 0.1) is 15.2 Å². The number of fused-ring (bicyclic) bond motifs is 1. The van der Waals surface area contributed by atoms with E-state index in [4.69, 9.17) is 4.98 Å². The number of aromatic nitrogens is 1. The van der Waals surface area contributed by atoms with Gasteiger partial charge in [-0.3, -0.25) is 0 Å². The van der Waals surface area contributed by atoms with E-state index in [1.807, 2.05) is 11.3 Å². The summed E-state index contributed by atoms with van der Waals surface area (Å²) in [5.74, 6) is 1.76. The molecule has 2 nitrogen and oxygen atoms in total. The van der Waals surface area contributed by atoms with E-state index < -0.39 is 0 Å². The van der Waals surface area contributed by atoms with Gasteiger partial charge in [0.1, 0.15) is 0 Å². The molecule has 0 amide bonds. The van der Waals surface area contributed by atoms with Crippen LogP contribution in [0.25, 0.3) is 10.2 Å². The van der Waals surface area contributed by atoms with Crippen LogP contribution in [0.4, 0.5) is 0 Å². The van der Waals surface area contributed by atoms with Crippen molar-refractivity contribution in [3.05, 3.63) is 29.3 Å². The van der Waals surface area contributed by atoms with Crippen molar-refractivity contribution < 1.29 is 0 Å². The zero-order valence-corrected chi connectivity index (χ0v) is 14.0. The summed E-state index contributed by atoms with van der Waals surface area (Å²) < 4.78 is 1.32. The van der Waals surface area contributed by atoms with E-state index in [1.54, 1.807) is 0 Å². The minimum absolute atomic E-state index is 0.583. The Hall–Kier alpha value is -0.930. The van der Waals surface area contributed by atoms with Crippen molar-refractivity contribution in [2.45, 2.75) is 51.5 Å². The van der Waals surface area contributed by atoms with E-state index in [2.05, 4.69) is 43.6 Å². The first-order chi connectivity index (χ1) is 10.3. The molecule has 2 aromatic rings. The van der Waals surface area contributed by atoms with E-state index in [9.17, 15) is 0 Å². The van der Waals surface area contributed by atoms with Gasteiger partial charge in [0, 0.05) is 12.5 Å². The van der Waals surface area contributed by atoms with E-state index in [0.29, 0.717) is 6.04 Å². The molecule has 0 aliphatic heterocycles. The zero-order chi connectivity index (χ0) is 14.7. The number of thiazole rings is 1. The maximum Gasteiger partial charge on any atom is 0.0954 e. The van der Waals surface area contributed by atoms with Crippen LogP contribution < -0.4 is 5.32 Å². The highest BCUT2D eigenvalue weighted by Crippen LogP contribution is 2.34. The fourth-order valence-electron chi connectivity index (χ4n) is 3.77. The highest BCUT2D eigenvalue weighted by Gasteiger charge is 2.27. The maximum atomic E-state index is 4.81. The van der Waals surface area contributed by atoms with Crippen LogP contribution in [0.15, 0.2) is 24.3 Å². The molecular weight excluding hydrogens is 276 g/mol. The number of likely N-dealkylation sites (N-methyl/N-ethyl adjacent to an activating group) is 1. The number of rotatable bonds is 5. The maximum absolute atomic E-state index is 4.81. The van der Waals surface area contributed by atoms with Crippen LogP contribution in [-0.2, 0) is 6.42 Å². The lowest BCUT2D eigenvalue weighted by Crippen LogP contribution is -2.38. The molecule has 1 heterocycles. The fraction of sp³-hybridized carbons (Fsp3) is 0.611. The molecule has 1 aliphatic rings. The molecular formula is C18H26N2S. The first kappa shape index (κ1) is 15.0. The summed E-state index contributed by atoms with van der Waals surface area (Å²) in [7, 11) is 2.12. The molecule has 1 N–H and O–H groups in total. The van der Waals surface area contributed by atoms with Crippen LogP contribution in [-0.4, -0.2) is 18.1 Å². The monoisotopic (exact) mass is 302 g/mol. The SMILES string of the molecule is CCC1CCCC(C(Cc2nc3ccccc3s2)NC)C1. The number of benzene rings is 1. The fourth-order valence-corrected chi connectivity index (χ4v) is 4.79. The second-order valence-electron chi connectivity index (χ2n) is 6.38. The van der Waals surface area contributed by atoms with Gasteiger partial charge in [-0.1, -0.05) is 38.3 Å². The Labute approximate surface area is 132 Å². The lowest BCUT2D eigenvalue weighted by Gasteiger charge is -2.34. The molecule has 1 saturated carbocycles. The van der Waals surface area contributed by atoms with Gasteiger partial charge in [0.2, 0.25) is 0 Å². The Morgan fingerprint density at radius 3 is 2.95 bits per heavy atom. The van der Waals surface area contributed by atoms with Crippen molar-refractivity contribution in [2.24, 2.45) is 11.8 Å². The summed E-state index contributed by atoms with van der Waals surface area (Å²) in [6.07, 6.45) is 8.04. The third-order valence-corrected chi connectivity index (χ3v) is 6.13. The van der Waals surface area contributed by atoms with Gasteiger partial charge in [0.15, 0.2) is 0 Å². The van der Waals surface area contributed by atoms with Gasteiger partial charge in [-0.2, -0.15) is 0 Å². The zero-order valence-electron chi connectivity index (χ0n) is 13.1. The smallest absolute Gasteiger partial charge is 0.0954 e. The molecule has 3 unspecified atom stereocenters. The van der Waals surface area contributed by atoms with Gasteiger partial charge >= 0.3 is 0 Å². The van der Waals surface area contributed by atoms with Crippen LogP contribution in [0.2, 0.25) is 0 Å². The van der Waals surface area contributed by atoms with Gasteiger partial charge in [0.25, 0.3) is 0 Å². The van der Waals surface area contributed by atoms with Gasteiger partial charge in [-0.25, -0.2) is 4.98 Å². The minimum Gasteiger partial charge on any atom is -0.316 e. The summed E-state index contributed by atoms with van der Waals surface area (Å²) in [6, 6.07) is 9.07.